The fraction of sp³-hybridized carbons (Fsp3) is 0.192. The van der Waals surface area contributed by atoms with E-state index >= 15 is 0 Å². The standard InChI is InChI=1S/C24H18O6.C2H6/c1-14-7-9-19-21(11-14)30-22-12-16(26)8-10-20(22)23(19)17-5-3-4-6-18(17)24(27)29-13-28-15(2)25;1-2/h3-12H,13H2,1-2H3;1-2H3. The van der Waals surface area contributed by atoms with Crippen molar-refractivity contribution in [1.29, 1.82) is 0 Å². The number of fused-ring (bicyclic) bond motifs is 2. The lowest BCUT2D eigenvalue weighted by Gasteiger charge is -2.17. The van der Waals surface area contributed by atoms with Crippen LogP contribution in [0, 0.1) is 6.92 Å². The second kappa shape index (κ2) is 9.92. The maximum absolute atomic E-state index is 12.7. The Hall–Kier alpha value is -3.93. The highest BCUT2D eigenvalue weighted by Crippen LogP contribution is 2.41. The Morgan fingerprint density at radius 3 is 2.41 bits per heavy atom. The van der Waals surface area contributed by atoms with E-state index in [0.29, 0.717) is 28.0 Å². The van der Waals surface area contributed by atoms with Gasteiger partial charge in [-0.05, 0) is 42.3 Å². The van der Waals surface area contributed by atoms with Crippen LogP contribution in [-0.4, -0.2) is 18.7 Å². The average molecular weight is 432 g/mol. The SMILES string of the molecule is CC.CC(=O)OCOC(=O)c1ccccc1-c1c2ccc(=O)cc-2oc2cc(C)ccc12. The molecule has 2 aliphatic rings. The normalized spacial score (nSPS) is 10.4. The Balaban J connectivity index is 0.00000141. The predicted molar refractivity (Wildman–Crippen MR) is 123 cm³/mol. The van der Waals surface area contributed by atoms with Crippen molar-refractivity contribution in [2.24, 2.45) is 0 Å². The van der Waals surface area contributed by atoms with Crippen LogP contribution in [-0.2, 0) is 14.3 Å². The summed E-state index contributed by atoms with van der Waals surface area (Å²) in [4.78, 5) is 35.6. The number of hydrogen-bond donors (Lipinski definition) is 0. The average Bonchev–Trinajstić information content (AvgIpc) is 2.78. The summed E-state index contributed by atoms with van der Waals surface area (Å²) >= 11 is 0. The van der Waals surface area contributed by atoms with Gasteiger partial charge in [0.15, 0.2) is 5.43 Å². The minimum absolute atomic E-state index is 0.168. The molecule has 0 unspecified atom stereocenters. The van der Waals surface area contributed by atoms with Crippen molar-refractivity contribution in [3.63, 3.8) is 0 Å². The second-order valence-corrected chi connectivity index (χ2v) is 6.87. The van der Waals surface area contributed by atoms with Crippen LogP contribution in [0.15, 0.2) is 69.9 Å². The lowest BCUT2D eigenvalue weighted by atomic mass is 9.90. The van der Waals surface area contributed by atoms with E-state index in [9.17, 15) is 14.4 Å². The number of rotatable bonds is 4. The van der Waals surface area contributed by atoms with Crippen molar-refractivity contribution in [3.8, 4) is 22.5 Å². The summed E-state index contributed by atoms with van der Waals surface area (Å²) in [6, 6.07) is 17.3. The van der Waals surface area contributed by atoms with E-state index in [1.54, 1.807) is 18.2 Å². The van der Waals surface area contributed by atoms with Gasteiger partial charge in [-0.2, -0.15) is 0 Å². The van der Waals surface area contributed by atoms with Crippen molar-refractivity contribution in [3.05, 3.63) is 82.0 Å². The molecule has 1 heterocycles. The molecule has 1 aliphatic carbocycles. The Bertz CT molecular complexity index is 1300. The number of ether oxygens (including phenoxy) is 2. The summed E-state index contributed by atoms with van der Waals surface area (Å²) in [5.74, 6) is -0.735. The lowest BCUT2D eigenvalue weighted by molar-refractivity contribution is -0.149. The monoisotopic (exact) mass is 432 g/mol. The Morgan fingerprint density at radius 2 is 1.66 bits per heavy atom. The molecule has 0 fully saturated rings. The Morgan fingerprint density at radius 1 is 0.906 bits per heavy atom. The van der Waals surface area contributed by atoms with Crippen molar-refractivity contribution in [1.82, 2.24) is 0 Å². The molecule has 6 nitrogen and oxygen atoms in total. The third-order valence-electron chi connectivity index (χ3n) is 4.72. The zero-order valence-corrected chi connectivity index (χ0v) is 18.4. The zero-order chi connectivity index (χ0) is 23.3. The molecule has 0 saturated heterocycles. The van der Waals surface area contributed by atoms with Gasteiger partial charge in [0.25, 0.3) is 0 Å². The number of carbonyl (C=O) groups is 2. The minimum atomic E-state index is -0.624. The quantitative estimate of drug-likeness (QED) is 0.238. The Kier molecular flexibility index (Phi) is 7.05. The van der Waals surface area contributed by atoms with Gasteiger partial charge in [0.05, 0.1) is 5.56 Å². The van der Waals surface area contributed by atoms with Gasteiger partial charge in [-0.25, -0.2) is 4.79 Å². The largest absolute Gasteiger partial charge is 0.456 e. The van der Waals surface area contributed by atoms with Crippen LogP contribution in [0.1, 0.15) is 36.7 Å². The second-order valence-electron chi connectivity index (χ2n) is 6.87. The van der Waals surface area contributed by atoms with Gasteiger partial charge in [-0.3, -0.25) is 9.59 Å². The van der Waals surface area contributed by atoms with Crippen LogP contribution in [0.25, 0.3) is 33.4 Å². The van der Waals surface area contributed by atoms with Crippen molar-refractivity contribution in [2.75, 3.05) is 6.79 Å². The van der Waals surface area contributed by atoms with E-state index in [2.05, 4.69) is 0 Å². The molecule has 0 radical (unpaired) electrons. The molecule has 4 rings (SSSR count). The molecule has 0 spiro atoms. The molecule has 0 amide bonds. The van der Waals surface area contributed by atoms with Crippen LogP contribution >= 0.6 is 0 Å². The van der Waals surface area contributed by atoms with Crippen molar-refractivity contribution < 1.29 is 23.5 Å². The molecule has 0 bridgehead atoms. The van der Waals surface area contributed by atoms with Gasteiger partial charge in [-0.1, -0.05) is 44.2 Å². The summed E-state index contributed by atoms with van der Waals surface area (Å²) < 4.78 is 15.8. The molecule has 0 saturated carbocycles. The zero-order valence-electron chi connectivity index (χ0n) is 18.4. The molecule has 0 N–H and O–H groups in total. The highest BCUT2D eigenvalue weighted by Gasteiger charge is 2.22. The summed E-state index contributed by atoms with van der Waals surface area (Å²) in [6.07, 6.45) is 0. The van der Waals surface area contributed by atoms with Crippen LogP contribution in [0.3, 0.4) is 0 Å². The summed E-state index contributed by atoms with van der Waals surface area (Å²) in [7, 11) is 0. The maximum atomic E-state index is 12.7. The minimum Gasteiger partial charge on any atom is -0.456 e. The topological polar surface area (TPSA) is 82.8 Å². The van der Waals surface area contributed by atoms with E-state index in [-0.39, 0.29) is 5.43 Å². The smallest absolute Gasteiger partial charge is 0.341 e. The highest BCUT2D eigenvalue weighted by molar-refractivity contribution is 6.07. The first-order valence-electron chi connectivity index (χ1n) is 10.3. The number of hydrogen-bond acceptors (Lipinski definition) is 6. The van der Waals surface area contributed by atoms with E-state index < -0.39 is 18.7 Å². The number of carbonyl (C=O) groups excluding carboxylic acids is 2. The van der Waals surface area contributed by atoms with E-state index in [4.69, 9.17) is 13.9 Å². The summed E-state index contributed by atoms with van der Waals surface area (Å²) in [5, 5.41) is 0.798. The summed E-state index contributed by atoms with van der Waals surface area (Å²) in [5.41, 5.74) is 3.83. The number of benzene rings is 3. The van der Waals surface area contributed by atoms with Crippen molar-refractivity contribution >= 4 is 22.9 Å². The molecule has 0 aromatic heterocycles. The maximum Gasteiger partial charge on any atom is 0.341 e. The van der Waals surface area contributed by atoms with E-state index in [0.717, 1.165) is 16.5 Å². The van der Waals surface area contributed by atoms with Gasteiger partial charge in [0.1, 0.15) is 11.3 Å². The summed E-state index contributed by atoms with van der Waals surface area (Å²) in [6.45, 7) is 6.72. The van der Waals surface area contributed by atoms with Gasteiger partial charge in [0.2, 0.25) is 6.79 Å². The first-order valence-corrected chi connectivity index (χ1v) is 10.3. The fourth-order valence-corrected chi connectivity index (χ4v) is 3.39. The first-order chi connectivity index (χ1) is 15.4. The van der Waals surface area contributed by atoms with Crippen LogP contribution in [0.2, 0.25) is 0 Å². The number of aryl methyl sites for hydroxylation is 1. The molecule has 32 heavy (non-hydrogen) atoms. The van der Waals surface area contributed by atoms with Crippen LogP contribution in [0.4, 0.5) is 0 Å². The molecule has 0 atom stereocenters. The third-order valence-corrected chi connectivity index (χ3v) is 4.72. The van der Waals surface area contributed by atoms with E-state index in [1.165, 1.54) is 19.1 Å². The molecule has 164 valence electrons. The van der Waals surface area contributed by atoms with Crippen LogP contribution in [0.5, 0.6) is 0 Å². The third kappa shape index (κ3) is 4.70. The Labute approximate surface area is 185 Å². The molecule has 6 heteroatoms. The molecule has 2 aromatic carbocycles. The first kappa shape index (κ1) is 22.7. The lowest BCUT2D eigenvalue weighted by Crippen LogP contribution is -2.12. The molecular formula is C26H24O6. The van der Waals surface area contributed by atoms with E-state index in [1.807, 2.05) is 51.1 Å². The predicted octanol–water partition coefficient (Wildman–Crippen LogP) is 5.58. The molecule has 1 aliphatic heterocycles. The van der Waals surface area contributed by atoms with Crippen molar-refractivity contribution in [2.45, 2.75) is 27.7 Å². The van der Waals surface area contributed by atoms with Gasteiger partial charge < -0.3 is 13.9 Å². The fourth-order valence-electron chi connectivity index (χ4n) is 3.39. The van der Waals surface area contributed by atoms with Gasteiger partial charge in [-0.15, -0.1) is 0 Å². The van der Waals surface area contributed by atoms with Gasteiger partial charge in [0, 0.05) is 29.5 Å². The molecular weight excluding hydrogens is 408 g/mol. The molecule has 2 aromatic rings. The van der Waals surface area contributed by atoms with Gasteiger partial charge >= 0.3 is 11.9 Å². The highest BCUT2D eigenvalue weighted by atomic mass is 16.7. The van der Waals surface area contributed by atoms with Crippen LogP contribution < -0.4 is 5.43 Å². The number of esters is 2.